The molecule has 3 nitrogen and oxygen atoms in total. The molecular formula is C20H26N2OS. The van der Waals surface area contributed by atoms with Crippen LogP contribution in [0.25, 0.3) is 0 Å². The third-order valence-corrected chi connectivity index (χ3v) is 4.26. The van der Waals surface area contributed by atoms with Gasteiger partial charge in [-0.1, -0.05) is 67.6 Å². The van der Waals surface area contributed by atoms with Gasteiger partial charge in [0, 0.05) is 20.2 Å². The Morgan fingerprint density at radius 1 is 1.00 bits per heavy atom. The van der Waals surface area contributed by atoms with Crippen molar-refractivity contribution in [3.63, 3.8) is 0 Å². The second-order valence-electron chi connectivity index (χ2n) is 5.68. The van der Waals surface area contributed by atoms with Crippen LogP contribution in [-0.2, 0) is 4.74 Å². The third kappa shape index (κ3) is 5.32. The van der Waals surface area contributed by atoms with Crippen molar-refractivity contribution in [2.75, 3.05) is 26.8 Å². The second-order valence-corrected chi connectivity index (χ2v) is 6.07. The zero-order valence-corrected chi connectivity index (χ0v) is 15.3. The van der Waals surface area contributed by atoms with Crippen molar-refractivity contribution >= 4 is 17.3 Å². The fourth-order valence-corrected chi connectivity index (χ4v) is 2.95. The van der Waals surface area contributed by atoms with Crippen LogP contribution in [-0.4, -0.2) is 36.8 Å². The van der Waals surface area contributed by atoms with Crippen LogP contribution in [0.2, 0.25) is 0 Å². The fourth-order valence-electron chi connectivity index (χ4n) is 2.65. The Bertz CT molecular complexity index is 564. The molecule has 2 rings (SSSR count). The third-order valence-electron chi connectivity index (χ3n) is 3.88. The summed E-state index contributed by atoms with van der Waals surface area (Å²) in [6.45, 7) is 4.55. The van der Waals surface area contributed by atoms with E-state index in [9.17, 15) is 0 Å². The molecule has 0 radical (unpaired) electrons. The molecule has 0 spiro atoms. The maximum Gasteiger partial charge on any atom is 0.169 e. The first kappa shape index (κ1) is 18.4. The summed E-state index contributed by atoms with van der Waals surface area (Å²) in [7, 11) is 1.72. The van der Waals surface area contributed by atoms with Crippen LogP contribution in [0.15, 0.2) is 60.7 Å². The predicted octanol–water partition coefficient (Wildman–Crippen LogP) is 4.01. The number of nitrogens with zero attached hydrogens (tertiary/aromatic N) is 1. The van der Waals surface area contributed by atoms with Crippen molar-refractivity contribution in [2.24, 2.45) is 0 Å². The van der Waals surface area contributed by atoms with Gasteiger partial charge in [0.25, 0.3) is 0 Å². The number of ether oxygens (including phenoxy) is 1. The number of nitrogens with one attached hydrogen (secondary N) is 1. The van der Waals surface area contributed by atoms with Crippen molar-refractivity contribution in [1.29, 1.82) is 0 Å². The smallest absolute Gasteiger partial charge is 0.169 e. The maximum absolute atomic E-state index is 5.69. The molecule has 2 aromatic carbocycles. The lowest BCUT2D eigenvalue weighted by atomic mass is 9.99. The maximum atomic E-state index is 5.69. The summed E-state index contributed by atoms with van der Waals surface area (Å²) in [5.74, 6) is 0. The summed E-state index contributed by atoms with van der Waals surface area (Å²) >= 11 is 5.69. The van der Waals surface area contributed by atoms with Gasteiger partial charge in [0.2, 0.25) is 0 Å². The molecule has 0 saturated heterocycles. The van der Waals surface area contributed by atoms with E-state index in [2.05, 4.69) is 65.7 Å². The zero-order valence-electron chi connectivity index (χ0n) is 14.4. The number of benzene rings is 2. The van der Waals surface area contributed by atoms with Crippen molar-refractivity contribution in [3.8, 4) is 0 Å². The van der Waals surface area contributed by atoms with E-state index in [-0.39, 0.29) is 6.04 Å². The predicted molar refractivity (Wildman–Crippen MR) is 104 cm³/mol. The van der Waals surface area contributed by atoms with Gasteiger partial charge < -0.3 is 15.0 Å². The van der Waals surface area contributed by atoms with Crippen LogP contribution in [0.5, 0.6) is 0 Å². The summed E-state index contributed by atoms with van der Waals surface area (Å²) in [5.41, 5.74) is 2.41. The molecule has 0 aliphatic heterocycles. The van der Waals surface area contributed by atoms with Gasteiger partial charge in [-0.15, -0.1) is 0 Å². The average molecular weight is 343 g/mol. The Morgan fingerprint density at radius 3 is 2.00 bits per heavy atom. The largest absolute Gasteiger partial charge is 0.383 e. The van der Waals surface area contributed by atoms with Crippen LogP contribution in [0.1, 0.15) is 30.5 Å². The van der Waals surface area contributed by atoms with Gasteiger partial charge in [0.05, 0.1) is 12.6 Å². The molecule has 128 valence electrons. The monoisotopic (exact) mass is 342 g/mol. The molecule has 0 fully saturated rings. The zero-order chi connectivity index (χ0) is 17.2. The molecule has 0 atom stereocenters. The first-order valence-corrected chi connectivity index (χ1v) is 8.81. The number of hydrogen-bond acceptors (Lipinski definition) is 2. The first-order valence-electron chi connectivity index (χ1n) is 8.40. The van der Waals surface area contributed by atoms with E-state index in [4.69, 9.17) is 17.0 Å². The summed E-state index contributed by atoms with van der Waals surface area (Å²) < 4.78 is 5.21. The van der Waals surface area contributed by atoms with E-state index in [1.165, 1.54) is 11.1 Å². The molecule has 0 saturated carbocycles. The molecular weight excluding hydrogens is 316 g/mol. The summed E-state index contributed by atoms with van der Waals surface area (Å²) in [6, 6.07) is 20.9. The van der Waals surface area contributed by atoms with Gasteiger partial charge in [-0.25, -0.2) is 0 Å². The molecule has 0 aliphatic rings. The van der Waals surface area contributed by atoms with Crippen LogP contribution in [0.4, 0.5) is 0 Å². The van der Waals surface area contributed by atoms with E-state index < -0.39 is 0 Å². The highest BCUT2D eigenvalue weighted by molar-refractivity contribution is 7.80. The molecule has 0 bridgehead atoms. The fraction of sp³-hybridized carbons (Fsp3) is 0.350. The average Bonchev–Trinajstić information content (AvgIpc) is 2.64. The summed E-state index contributed by atoms with van der Waals surface area (Å²) in [4.78, 5) is 2.18. The van der Waals surface area contributed by atoms with Gasteiger partial charge >= 0.3 is 0 Å². The highest BCUT2D eigenvalue weighted by atomic mass is 32.1. The van der Waals surface area contributed by atoms with Crippen molar-refractivity contribution in [1.82, 2.24) is 10.2 Å². The molecule has 0 amide bonds. The van der Waals surface area contributed by atoms with Crippen molar-refractivity contribution < 1.29 is 4.74 Å². The molecule has 24 heavy (non-hydrogen) atoms. The normalized spacial score (nSPS) is 10.6. The van der Waals surface area contributed by atoms with E-state index in [1.807, 2.05) is 12.1 Å². The van der Waals surface area contributed by atoms with E-state index in [0.29, 0.717) is 6.61 Å². The Hall–Kier alpha value is -1.91. The summed E-state index contributed by atoms with van der Waals surface area (Å²) in [6.07, 6.45) is 1.05. The number of methoxy groups -OCH3 is 1. The molecule has 0 heterocycles. The van der Waals surface area contributed by atoms with Crippen LogP contribution >= 0.6 is 12.2 Å². The molecule has 0 aliphatic carbocycles. The number of rotatable bonds is 8. The van der Waals surface area contributed by atoms with Crippen LogP contribution < -0.4 is 5.32 Å². The first-order chi connectivity index (χ1) is 11.8. The lowest BCUT2D eigenvalue weighted by Gasteiger charge is -2.29. The highest BCUT2D eigenvalue weighted by Crippen LogP contribution is 2.22. The van der Waals surface area contributed by atoms with E-state index >= 15 is 0 Å². The van der Waals surface area contributed by atoms with E-state index in [0.717, 1.165) is 24.6 Å². The van der Waals surface area contributed by atoms with Gasteiger partial charge in [0.15, 0.2) is 5.11 Å². The second kappa shape index (κ2) is 10.1. The molecule has 4 heteroatoms. The lowest BCUT2D eigenvalue weighted by Crippen LogP contribution is -2.43. The number of hydrogen-bond donors (Lipinski definition) is 1. The minimum atomic E-state index is 0.0433. The van der Waals surface area contributed by atoms with E-state index in [1.54, 1.807) is 7.11 Å². The minimum absolute atomic E-state index is 0.0433. The minimum Gasteiger partial charge on any atom is -0.383 e. The van der Waals surface area contributed by atoms with Gasteiger partial charge in [-0.2, -0.15) is 0 Å². The van der Waals surface area contributed by atoms with Crippen LogP contribution in [0, 0.1) is 0 Å². The Kier molecular flexibility index (Phi) is 7.72. The SMILES string of the molecule is CCCN(CCOC)C(=S)NC(c1ccccc1)c1ccccc1. The molecule has 1 N–H and O–H groups in total. The summed E-state index contributed by atoms with van der Waals surface area (Å²) in [5, 5.41) is 4.32. The Morgan fingerprint density at radius 2 is 1.54 bits per heavy atom. The number of thiocarbonyl (C=S) groups is 1. The quantitative estimate of drug-likeness (QED) is 0.733. The van der Waals surface area contributed by atoms with Gasteiger partial charge in [-0.05, 0) is 29.8 Å². The standard InChI is InChI=1S/C20H26N2OS/c1-3-14-22(15-16-23-2)20(24)21-19(17-10-6-4-7-11-17)18-12-8-5-9-13-18/h4-13,19H,3,14-16H2,1-2H3,(H,21,24). The highest BCUT2D eigenvalue weighted by Gasteiger charge is 2.17. The Labute approximate surface area is 150 Å². The lowest BCUT2D eigenvalue weighted by molar-refractivity contribution is 0.175. The topological polar surface area (TPSA) is 24.5 Å². The van der Waals surface area contributed by atoms with Gasteiger partial charge in [-0.3, -0.25) is 0 Å². The van der Waals surface area contributed by atoms with Crippen molar-refractivity contribution in [2.45, 2.75) is 19.4 Å². The molecule has 0 aromatic heterocycles. The molecule has 0 unspecified atom stereocenters. The molecule has 2 aromatic rings. The Balaban J connectivity index is 2.20. The van der Waals surface area contributed by atoms with Crippen molar-refractivity contribution in [3.05, 3.63) is 71.8 Å². The van der Waals surface area contributed by atoms with Crippen LogP contribution in [0.3, 0.4) is 0 Å². The van der Waals surface area contributed by atoms with Gasteiger partial charge in [0.1, 0.15) is 0 Å².